The van der Waals surface area contributed by atoms with Crippen LogP contribution in [0.25, 0.3) is 107 Å². The monoisotopic (exact) mass is 2260 g/mol. The predicted molar refractivity (Wildman–Crippen MR) is 649 cm³/mol. The lowest BCUT2D eigenvalue weighted by atomic mass is 9.85. The van der Waals surface area contributed by atoms with Crippen molar-refractivity contribution in [1.82, 2.24) is 0 Å². The smallest absolute Gasteiger partial charge is 0.0550 e. The van der Waals surface area contributed by atoms with Crippen LogP contribution < -0.4 is 0 Å². The lowest BCUT2D eigenvalue weighted by Gasteiger charge is -2.30. The Morgan fingerprint density at radius 1 is 0.160 bits per heavy atom. The fourth-order valence-corrected chi connectivity index (χ4v) is 38.6. The number of hydrogen-bond donors (Lipinski definition) is 0. The maximum atomic E-state index is 7.22. The van der Waals surface area contributed by atoms with Crippen molar-refractivity contribution in [2.45, 2.75) is 314 Å². The molecule has 12 aromatic heterocycles. The molecule has 818 valence electrons. The lowest BCUT2D eigenvalue weighted by molar-refractivity contribution is -0.0189. The molecule has 12 aromatic rings. The third-order valence-corrected chi connectivity index (χ3v) is 47.5. The number of unbranched alkanes of at least 4 members (excludes halogenated alkanes) is 12. The quantitative estimate of drug-likeness (QED) is 0.0339. The van der Waals surface area contributed by atoms with E-state index in [1.807, 2.05) is 68.0 Å². The van der Waals surface area contributed by atoms with Gasteiger partial charge in [-0.05, 0) is 292 Å². The fourth-order valence-electron chi connectivity index (χ4n) is 23.5. The molecule has 12 heterocycles. The molecule has 12 nitrogen and oxygen atoms in total. The van der Waals surface area contributed by atoms with Crippen LogP contribution in [-0.4, -0.2) is 159 Å². The summed E-state index contributed by atoms with van der Waals surface area (Å²) in [5.74, 6) is 0. The molecule has 0 amide bonds. The maximum absolute atomic E-state index is 7.22. The molecular formula is C126H170O12S12. The minimum absolute atomic E-state index is 0.229. The van der Waals surface area contributed by atoms with E-state index in [0.717, 1.165) is 310 Å². The molecule has 6 aliphatic carbocycles. The first kappa shape index (κ1) is 115. The normalized spacial score (nSPS) is 16.3. The molecule has 0 atom stereocenters. The zero-order valence-electron chi connectivity index (χ0n) is 92.3. The summed E-state index contributed by atoms with van der Waals surface area (Å²) in [6.07, 6.45) is 36.2. The number of hydrogen-bond acceptors (Lipinski definition) is 24. The zero-order chi connectivity index (χ0) is 104. The third-order valence-electron chi connectivity index (χ3n) is 31.8. The van der Waals surface area contributed by atoms with E-state index in [2.05, 4.69) is 235 Å². The topological polar surface area (TPSA) is 111 Å². The Morgan fingerprint density at radius 3 is 0.440 bits per heavy atom. The molecule has 0 N–H and O–H groups in total. The lowest BCUT2D eigenvalue weighted by Crippen LogP contribution is -2.34. The minimum atomic E-state index is -0.308. The summed E-state index contributed by atoms with van der Waals surface area (Å²) in [6, 6.07) is 28.1. The second-order valence-corrected chi connectivity index (χ2v) is 57.3. The zero-order valence-corrected chi connectivity index (χ0v) is 102. The average molecular weight is 2260 g/mol. The molecule has 0 spiro atoms. The van der Waals surface area contributed by atoms with Crippen LogP contribution >= 0.6 is 136 Å². The fraction of sp³-hybridized carbons (Fsp3) is 0.619. The van der Waals surface area contributed by atoms with E-state index in [9.17, 15) is 0 Å². The largest absolute Gasteiger partial charge is 0.381 e. The Bertz CT molecular complexity index is 5720. The highest BCUT2D eigenvalue weighted by atomic mass is 32.1. The average Bonchev–Trinajstić information content (AvgIpc) is 1.54. The molecule has 0 aliphatic heterocycles. The Kier molecular flexibility index (Phi) is 43.0. The van der Waals surface area contributed by atoms with Crippen molar-refractivity contribution < 1.29 is 56.8 Å². The molecule has 6 aliphatic rings. The van der Waals surface area contributed by atoms with E-state index >= 15 is 0 Å². The molecule has 0 fully saturated rings. The van der Waals surface area contributed by atoms with Gasteiger partial charge in [0.05, 0.1) is 79.3 Å². The molecule has 0 saturated carbocycles. The Morgan fingerprint density at radius 2 is 0.293 bits per heavy atom. The maximum Gasteiger partial charge on any atom is 0.0550 e. The predicted octanol–water partition coefficient (Wildman–Crippen LogP) is 37.1. The van der Waals surface area contributed by atoms with Crippen LogP contribution in [0.15, 0.2) is 83.6 Å². The summed E-state index contributed by atoms with van der Waals surface area (Å²) in [5, 5.41) is 4.41. The van der Waals surface area contributed by atoms with Crippen LogP contribution in [0.2, 0.25) is 0 Å². The van der Waals surface area contributed by atoms with Gasteiger partial charge in [0.25, 0.3) is 0 Å². The summed E-state index contributed by atoms with van der Waals surface area (Å²) in [7, 11) is 0. The van der Waals surface area contributed by atoms with Gasteiger partial charge in [-0.1, -0.05) is 172 Å². The van der Waals surface area contributed by atoms with Gasteiger partial charge in [0.15, 0.2) is 0 Å². The molecule has 0 saturated heterocycles. The van der Waals surface area contributed by atoms with E-state index in [1.54, 1.807) is 0 Å². The van der Waals surface area contributed by atoms with Crippen LogP contribution in [0.4, 0.5) is 0 Å². The highest BCUT2D eigenvalue weighted by Gasteiger charge is 2.53. The van der Waals surface area contributed by atoms with Gasteiger partial charge >= 0.3 is 0 Å². The SMILES string of the molecule is CCCCOCC1(COCCCC)Cc2c(-c3ccc(-c4ccc(-c5cccs5)s4)s3)sc(-c3sc(-c4sc(-c5sc(-c6sc(-c7sc(-c8ccc(-c9ccc(-c%10cccs%10)s9)s8)c8c7CC(COCCCC)(COCCCC)C8)c7c6CC(COCCCC)(COCCCC)C7)c6c5CC(COCCCC)(COCCCC)C6)c5c4CC(COCCCC)(COCCCC)C5)c4c3CC(COCCCC)(COCCCC)C4)c2C1. The summed E-state index contributed by atoms with van der Waals surface area (Å²) in [6.45, 7) is 44.4. The van der Waals surface area contributed by atoms with Crippen molar-refractivity contribution in [1.29, 1.82) is 0 Å². The first-order chi connectivity index (χ1) is 73.6. The molecule has 150 heavy (non-hydrogen) atoms. The van der Waals surface area contributed by atoms with Gasteiger partial charge in [-0.25, -0.2) is 0 Å². The van der Waals surface area contributed by atoms with Gasteiger partial charge in [0, 0.05) is 219 Å². The van der Waals surface area contributed by atoms with Gasteiger partial charge < -0.3 is 56.8 Å². The van der Waals surface area contributed by atoms with Crippen molar-refractivity contribution in [3.05, 3.63) is 150 Å². The number of thiophene rings is 12. The Labute approximate surface area is 947 Å². The Balaban J connectivity index is 0.871. The molecule has 24 heteroatoms. The van der Waals surface area contributed by atoms with E-state index in [1.165, 1.54) is 174 Å². The molecular weight excluding hydrogens is 2090 g/mol. The van der Waals surface area contributed by atoms with Crippen molar-refractivity contribution in [2.24, 2.45) is 32.5 Å². The van der Waals surface area contributed by atoms with Crippen LogP contribution in [0.1, 0.15) is 304 Å². The molecule has 18 rings (SSSR count). The van der Waals surface area contributed by atoms with Gasteiger partial charge in [-0.15, -0.1) is 136 Å². The summed E-state index contributed by atoms with van der Waals surface area (Å²) >= 11 is 24.3. The summed E-state index contributed by atoms with van der Waals surface area (Å²) in [5.41, 5.74) is 16.5. The molecule has 0 unspecified atom stereocenters. The molecule has 0 bridgehead atoms. The van der Waals surface area contributed by atoms with Gasteiger partial charge in [0.2, 0.25) is 0 Å². The van der Waals surface area contributed by atoms with Crippen LogP contribution in [0.5, 0.6) is 0 Å². The standard InChI is InChI=1S/C126H170O12S12/c1-13-25-49-127-75-121(76-128-50-26-14-2)63-87-89(65-121)111(145-109(87)107-47-45-105(143-107)103-43-41-101(141-103)99-39-37-61-139-99)113-91-67-123(79-131-53-29-17-5,80-132-54-30-18-6)69-93(91)115(147-113)117-95-71-125(83-135-57-33-21-9,84-136-58-34-22-10)73-97(95)119(149-117)120-98-74-126(85-137-59-35-23-11,86-138-60-36-24-12)72-96(98)118(150-120)116-94-70-124(81-133-55-31-19-7,82-134-56-32-20-8)68-92(94)114(148-116)112-90-66-122(77-129-51-27-15-3,78-130-52-28-16-4)64-88(90)110(146-112)108-48-46-106(144-108)104-44-42-102(142-104)100-40-38-62-140-100/h37-48,61-62H,13-36,49-60,63-86H2,1-12H3. The number of rotatable bonds is 71. The van der Waals surface area contributed by atoms with Crippen molar-refractivity contribution in [2.75, 3.05) is 159 Å². The van der Waals surface area contributed by atoms with Gasteiger partial charge in [-0.3, -0.25) is 0 Å². The summed E-state index contributed by atoms with van der Waals surface area (Å²) in [4.78, 5) is 30.8. The van der Waals surface area contributed by atoms with E-state index in [-0.39, 0.29) is 32.5 Å². The van der Waals surface area contributed by atoms with Crippen LogP contribution in [0, 0.1) is 32.5 Å². The van der Waals surface area contributed by atoms with Crippen molar-refractivity contribution in [3.63, 3.8) is 0 Å². The summed E-state index contributed by atoms with van der Waals surface area (Å²) < 4.78 is 85.5. The van der Waals surface area contributed by atoms with E-state index < -0.39 is 0 Å². The Hall–Kier alpha value is -4.08. The second kappa shape index (κ2) is 55.8. The minimum Gasteiger partial charge on any atom is -0.381 e. The second-order valence-electron chi connectivity index (χ2n) is 44.9. The molecule has 0 aromatic carbocycles. The molecule has 0 radical (unpaired) electrons. The van der Waals surface area contributed by atoms with E-state index in [4.69, 9.17) is 56.8 Å². The third kappa shape index (κ3) is 27.0. The van der Waals surface area contributed by atoms with Gasteiger partial charge in [0.1, 0.15) is 0 Å². The van der Waals surface area contributed by atoms with Crippen molar-refractivity contribution in [3.8, 4) is 107 Å². The first-order valence-electron chi connectivity index (χ1n) is 57.9. The first-order valence-corrected chi connectivity index (χ1v) is 67.8. The van der Waals surface area contributed by atoms with Gasteiger partial charge in [-0.2, -0.15) is 0 Å². The van der Waals surface area contributed by atoms with Crippen LogP contribution in [-0.2, 0) is 134 Å². The van der Waals surface area contributed by atoms with Crippen LogP contribution in [0.3, 0.4) is 0 Å². The highest BCUT2D eigenvalue weighted by molar-refractivity contribution is 7.33. The number of ether oxygens (including phenoxy) is 12. The van der Waals surface area contributed by atoms with E-state index in [0.29, 0.717) is 79.3 Å². The highest BCUT2D eigenvalue weighted by Crippen LogP contribution is 2.67. The van der Waals surface area contributed by atoms with Crippen molar-refractivity contribution >= 4 is 136 Å². The number of fused-ring (bicyclic) bond motifs is 6.